The molecule has 1 saturated carbocycles. The molecule has 1 aromatic heterocycles. The fourth-order valence-corrected chi connectivity index (χ4v) is 6.57. The summed E-state index contributed by atoms with van der Waals surface area (Å²) >= 11 is 6.24. The molecule has 0 saturated heterocycles. The molecule has 2 N–H and O–H groups in total. The summed E-state index contributed by atoms with van der Waals surface area (Å²) in [6.07, 6.45) is 5.68. The summed E-state index contributed by atoms with van der Waals surface area (Å²) in [6.45, 7) is 5.60. The highest BCUT2D eigenvalue weighted by Gasteiger charge is 2.47. The Labute approximate surface area is 181 Å². The summed E-state index contributed by atoms with van der Waals surface area (Å²) in [7, 11) is -3.80. The van der Waals surface area contributed by atoms with Gasteiger partial charge in [0.1, 0.15) is 0 Å². The van der Waals surface area contributed by atoms with Crippen molar-refractivity contribution in [3.63, 3.8) is 0 Å². The number of benzene rings is 1. The third-order valence-corrected chi connectivity index (χ3v) is 8.88. The summed E-state index contributed by atoms with van der Waals surface area (Å²) in [4.78, 5) is 20.4. The van der Waals surface area contributed by atoms with Crippen LogP contribution in [-0.2, 0) is 9.84 Å². The lowest BCUT2D eigenvalue weighted by Gasteiger charge is -2.45. The van der Waals surface area contributed by atoms with E-state index in [1.165, 1.54) is 36.8 Å². The second-order valence-corrected chi connectivity index (χ2v) is 10.7. The van der Waals surface area contributed by atoms with Gasteiger partial charge in [-0.15, -0.1) is 0 Å². The first kappa shape index (κ1) is 22.7. The van der Waals surface area contributed by atoms with Gasteiger partial charge in [-0.1, -0.05) is 31.9 Å². The maximum absolute atomic E-state index is 13.4. The van der Waals surface area contributed by atoms with Crippen LogP contribution in [0.1, 0.15) is 50.4 Å². The molecule has 1 fully saturated rings. The second-order valence-electron chi connectivity index (χ2n) is 8.06. The van der Waals surface area contributed by atoms with Gasteiger partial charge >= 0.3 is 0 Å². The van der Waals surface area contributed by atoms with Crippen molar-refractivity contribution in [2.75, 3.05) is 5.32 Å². The Hall–Kier alpha value is -2.03. The molecule has 2 aromatic rings. The molecule has 7 nitrogen and oxygen atoms in total. The fraction of sp³-hybridized carbons (Fsp3) is 0.476. The molecule has 1 amide bonds. The number of carbonyl (C=O) groups excluding carboxylic acids is 1. The molecule has 0 radical (unpaired) electrons. The number of halogens is 1. The minimum absolute atomic E-state index is 0.0652. The van der Waals surface area contributed by atoms with Crippen LogP contribution < -0.4 is 5.32 Å². The lowest BCUT2D eigenvalue weighted by Crippen LogP contribution is -2.49. The molecule has 1 aliphatic carbocycles. The first-order valence-electron chi connectivity index (χ1n) is 9.90. The highest BCUT2D eigenvalue weighted by Crippen LogP contribution is 2.44. The molecule has 3 rings (SSSR count). The van der Waals surface area contributed by atoms with Crippen molar-refractivity contribution in [2.24, 2.45) is 11.8 Å². The van der Waals surface area contributed by atoms with Gasteiger partial charge in [-0.3, -0.25) is 9.78 Å². The van der Waals surface area contributed by atoms with Crippen molar-refractivity contribution in [3.05, 3.63) is 47.4 Å². The van der Waals surface area contributed by atoms with Crippen molar-refractivity contribution in [3.8, 4) is 0 Å². The van der Waals surface area contributed by atoms with E-state index in [9.17, 15) is 18.3 Å². The average molecular weight is 452 g/mol. The Bertz CT molecular complexity index is 1030. The second kappa shape index (κ2) is 8.61. The molecule has 1 aliphatic rings. The van der Waals surface area contributed by atoms with E-state index in [0.29, 0.717) is 19.3 Å². The number of nitrogens with one attached hydrogen (secondary N) is 1. The molecule has 0 aliphatic heterocycles. The number of rotatable bonds is 5. The number of hydrogen-bond acceptors (Lipinski definition) is 6. The van der Waals surface area contributed by atoms with E-state index in [1.54, 1.807) is 6.92 Å². The largest absolute Gasteiger partial charge is 0.390 e. The molecular formula is C21H26ClN3O4S. The molecule has 1 aromatic carbocycles. The number of carbonyl (C=O) groups is 1. The Morgan fingerprint density at radius 2 is 2.07 bits per heavy atom. The zero-order valence-electron chi connectivity index (χ0n) is 17.2. The van der Waals surface area contributed by atoms with E-state index in [0.717, 1.165) is 0 Å². The standard InChI is InChI=1S/C21H26ClN3O4S/c1-4-15-11-16(9-13(2)21(15,3)27)30(28,29)18-10-14(5-6-17(18)22)20(26)25-19-12-23-7-8-24-19/h5-8,10,12-13,15-16,27H,4,9,11H2,1-3H3,(H,24,25,26)/t13-,15?,16-,21-/m0/s1. The number of aliphatic hydroxyl groups is 1. The fourth-order valence-electron chi connectivity index (χ4n) is 4.12. The van der Waals surface area contributed by atoms with Crippen LogP contribution in [-0.4, -0.2) is 40.3 Å². The van der Waals surface area contributed by atoms with Crippen molar-refractivity contribution >= 4 is 33.2 Å². The van der Waals surface area contributed by atoms with Crippen molar-refractivity contribution in [2.45, 2.75) is 55.8 Å². The van der Waals surface area contributed by atoms with Crippen LogP contribution in [0.3, 0.4) is 0 Å². The van der Waals surface area contributed by atoms with Gasteiger partial charge in [0.2, 0.25) is 0 Å². The van der Waals surface area contributed by atoms with Crippen molar-refractivity contribution in [1.29, 1.82) is 0 Å². The van der Waals surface area contributed by atoms with E-state index in [1.807, 2.05) is 13.8 Å². The van der Waals surface area contributed by atoms with Crippen LogP contribution in [0, 0.1) is 11.8 Å². The van der Waals surface area contributed by atoms with Gasteiger partial charge in [-0.2, -0.15) is 0 Å². The van der Waals surface area contributed by atoms with E-state index in [4.69, 9.17) is 11.6 Å². The van der Waals surface area contributed by atoms with Gasteiger partial charge in [0, 0.05) is 18.0 Å². The van der Waals surface area contributed by atoms with Crippen LogP contribution in [0.15, 0.2) is 41.7 Å². The van der Waals surface area contributed by atoms with E-state index >= 15 is 0 Å². The predicted octanol–water partition coefficient (Wildman–Crippen LogP) is 3.73. The van der Waals surface area contributed by atoms with Crippen molar-refractivity contribution < 1.29 is 18.3 Å². The lowest BCUT2D eigenvalue weighted by molar-refractivity contribution is -0.0729. The smallest absolute Gasteiger partial charge is 0.256 e. The minimum Gasteiger partial charge on any atom is -0.390 e. The third kappa shape index (κ3) is 4.36. The molecule has 9 heteroatoms. The Kier molecular flexibility index (Phi) is 6.50. The molecule has 0 bridgehead atoms. The molecule has 1 heterocycles. The predicted molar refractivity (Wildman–Crippen MR) is 115 cm³/mol. The first-order chi connectivity index (χ1) is 14.1. The number of amides is 1. The maximum atomic E-state index is 13.4. The number of aromatic nitrogens is 2. The highest BCUT2D eigenvalue weighted by atomic mass is 35.5. The quantitative estimate of drug-likeness (QED) is 0.716. The van der Waals surface area contributed by atoms with Gasteiger partial charge < -0.3 is 10.4 Å². The van der Waals surface area contributed by atoms with E-state index < -0.39 is 26.6 Å². The molecule has 1 unspecified atom stereocenters. The van der Waals surface area contributed by atoms with Crippen LogP contribution in [0.4, 0.5) is 5.82 Å². The Morgan fingerprint density at radius 3 is 2.70 bits per heavy atom. The zero-order chi connectivity index (χ0) is 22.1. The summed E-state index contributed by atoms with van der Waals surface area (Å²) in [5.74, 6) is -0.563. The Balaban J connectivity index is 1.91. The van der Waals surface area contributed by atoms with Gasteiger partial charge in [0.05, 0.1) is 27.0 Å². The normalized spacial score (nSPS) is 26.9. The number of nitrogens with zero attached hydrogens (tertiary/aromatic N) is 2. The maximum Gasteiger partial charge on any atom is 0.256 e. The number of sulfone groups is 1. The van der Waals surface area contributed by atoms with E-state index in [2.05, 4.69) is 15.3 Å². The molecule has 30 heavy (non-hydrogen) atoms. The van der Waals surface area contributed by atoms with Crippen LogP contribution >= 0.6 is 11.6 Å². The third-order valence-electron chi connectivity index (χ3n) is 6.22. The molecule has 4 atom stereocenters. The van der Waals surface area contributed by atoms with Crippen LogP contribution in [0.25, 0.3) is 0 Å². The summed E-state index contributed by atoms with van der Waals surface area (Å²) in [6, 6.07) is 4.19. The summed E-state index contributed by atoms with van der Waals surface area (Å²) < 4.78 is 26.9. The summed E-state index contributed by atoms with van der Waals surface area (Å²) in [5.41, 5.74) is -0.755. The Morgan fingerprint density at radius 1 is 1.33 bits per heavy atom. The molecule has 0 spiro atoms. The van der Waals surface area contributed by atoms with Gasteiger partial charge in [0.25, 0.3) is 5.91 Å². The molecular weight excluding hydrogens is 426 g/mol. The van der Waals surface area contributed by atoms with Crippen LogP contribution in [0.5, 0.6) is 0 Å². The minimum atomic E-state index is -3.80. The SMILES string of the molecule is CCC1C[C@@H](S(=O)(=O)c2cc(C(=O)Nc3cnccn3)ccc2Cl)C[C@H](C)[C@]1(C)O. The summed E-state index contributed by atoms with van der Waals surface area (Å²) in [5, 5.41) is 12.8. The average Bonchev–Trinajstić information content (AvgIpc) is 2.70. The highest BCUT2D eigenvalue weighted by molar-refractivity contribution is 7.92. The first-order valence-corrected chi connectivity index (χ1v) is 11.8. The monoisotopic (exact) mass is 451 g/mol. The molecule has 162 valence electrons. The van der Waals surface area contributed by atoms with Gasteiger partial charge in [0.15, 0.2) is 15.7 Å². The van der Waals surface area contributed by atoms with Gasteiger partial charge in [-0.05, 0) is 49.8 Å². The van der Waals surface area contributed by atoms with Crippen LogP contribution in [0.2, 0.25) is 5.02 Å². The number of hydrogen-bond donors (Lipinski definition) is 2. The van der Waals surface area contributed by atoms with E-state index in [-0.39, 0.29) is 33.1 Å². The lowest BCUT2D eigenvalue weighted by atomic mass is 9.69. The van der Waals surface area contributed by atoms with Crippen molar-refractivity contribution in [1.82, 2.24) is 9.97 Å². The zero-order valence-corrected chi connectivity index (χ0v) is 18.7. The topological polar surface area (TPSA) is 109 Å². The number of anilines is 1. The van der Waals surface area contributed by atoms with Gasteiger partial charge in [-0.25, -0.2) is 13.4 Å².